The van der Waals surface area contributed by atoms with E-state index in [1.807, 2.05) is 0 Å². The molecule has 2 rings (SSSR count). The van der Waals surface area contributed by atoms with Gasteiger partial charge in [-0.05, 0) is 30.7 Å². The summed E-state index contributed by atoms with van der Waals surface area (Å²) in [5, 5.41) is 11.8. The Balaban J connectivity index is 2.34. The molecule has 0 aliphatic rings. The topological polar surface area (TPSA) is 62.2 Å². The summed E-state index contributed by atoms with van der Waals surface area (Å²) in [4.78, 5) is 14.8. The highest BCUT2D eigenvalue weighted by molar-refractivity contribution is 5.94. The summed E-state index contributed by atoms with van der Waals surface area (Å²) in [6, 6.07) is 5.99. The van der Waals surface area contributed by atoms with Crippen molar-refractivity contribution in [3.63, 3.8) is 0 Å². The molecule has 0 spiro atoms. The van der Waals surface area contributed by atoms with Gasteiger partial charge in [-0.1, -0.05) is 6.07 Å². The van der Waals surface area contributed by atoms with Crippen LogP contribution in [0.5, 0.6) is 0 Å². The van der Waals surface area contributed by atoms with Crippen molar-refractivity contribution in [1.82, 2.24) is 4.98 Å². The number of benzene rings is 1. The normalized spacial score (nSPS) is 10.1. The third kappa shape index (κ3) is 2.45. The molecule has 2 aromatic rings. The largest absolute Gasteiger partial charge is 0.478 e. The fourth-order valence-electron chi connectivity index (χ4n) is 1.51. The third-order valence-electron chi connectivity index (χ3n) is 2.50. The summed E-state index contributed by atoms with van der Waals surface area (Å²) in [7, 11) is 0. The second-order valence-electron chi connectivity index (χ2n) is 3.82. The van der Waals surface area contributed by atoms with Gasteiger partial charge in [-0.25, -0.2) is 9.18 Å². The zero-order valence-electron chi connectivity index (χ0n) is 9.64. The minimum atomic E-state index is -1.06. The van der Waals surface area contributed by atoms with Crippen LogP contribution in [0.2, 0.25) is 0 Å². The summed E-state index contributed by atoms with van der Waals surface area (Å²) < 4.78 is 13.4. The molecule has 2 N–H and O–H groups in total. The molecular weight excluding hydrogens is 235 g/mol. The van der Waals surface area contributed by atoms with Crippen LogP contribution in [-0.2, 0) is 0 Å². The Kier molecular flexibility index (Phi) is 3.23. The van der Waals surface area contributed by atoms with Crippen molar-refractivity contribution in [2.75, 3.05) is 5.32 Å². The molecule has 18 heavy (non-hydrogen) atoms. The lowest BCUT2D eigenvalue weighted by Gasteiger charge is -2.09. The number of nitrogens with zero attached hydrogens (tertiary/aromatic N) is 1. The number of anilines is 2. The molecule has 1 heterocycles. The predicted octanol–water partition coefficient (Wildman–Crippen LogP) is 2.97. The van der Waals surface area contributed by atoms with Crippen molar-refractivity contribution >= 4 is 17.3 Å². The van der Waals surface area contributed by atoms with Gasteiger partial charge in [0.25, 0.3) is 0 Å². The zero-order valence-corrected chi connectivity index (χ0v) is 9.64. The SMILES string of the molecule is Cc1ccc(Nc2cnccc2C(=O)O)cc1F. The van der Waals surface area contributed by atoms with Gasteiger partial charge in [-0.2, -0.15) is 0 Å². The van der Waals surface area contributed by atoms with E-state index in [0.717, 1.165) is 0 Å². The van der Waals surface area contributed by atoms with Crippen molar-refractivity contribution in [2.24, 2.45) is 0 Å². The highest BCUT2D eigenvalue weighted by atomic mass is 19.1. The minimum Gasteiger partial charge on any atom is -0.478 e. The van der Waals surface area contributed by atoms with Gasteiger partial charge >= 0.3 is 5.97 Å². The van der Waals surface area contributed by atoms with E-state index in [1.54, 1.807) is 19.1 Å². The fraction of sp³-hybridized carbons (Fsp3) is 0.0769. The second-order valence-corrected chi connectivity index (χ2v) is 3.82. The lowest BCUT2D eigenvalue weighted by Crippen LogP contribution is -2.03. The number of aryl methyl sites for hydroxylation is 1. The average molecular weight is 246 g/mol. The number of carbonyl (C=O) groups is 1. The van der Waals surface area contributed by atoms with Gasteiger partial charge in [-0.3, -0.25) is 4.98 Å². The van der Waals surface area contributed by atoms with Crippen molar-refractivity contribution in [2.45, 2.75) is 6.92 Å². The molecule has 4 nitrogen and oxygen atoms in total. The lowest BCUT2D eigenvalue weighted by molar-refractivity contribution is 0.0698. The van der Waals surface area contributed by atoms with Crippen LogP contribution in [0.25, 0.3) is 0 Å². The number of hydrogen-bond acceptors (Lipinski definition) is 3. The van der Waals surface area contributed by atoms with Gasteiger partial charge in [-0.15, -0.1) is 0 Å². The second kappa shape index (κ2) is 4.83. The Bertz CT molecular complexity index is 599. The Morgan fingerprint density at radius 2 is 2.17 bits per heavy atom. The Morgan fingerprint density at radius 3 is 2.83 bits per heavy atom. The maximum absolute atomic E-state index is 13.4. The molecule has 0 bridgehead atoms. The molecule has 0 aliphatic carbocycles. The van der Waals surface area contributed by atoms with Crippen molar-refractivity contribution in [1.29, 1.82) is 0 Å². The van der Waals surface area contributed by atoms with Crippen LogP contribution in [0.4, 0.5) is 15.8 Å². The van der Waals surface area contributed by atoms with E-state index in [1.165, 1.54) is 24.5 Å². The van der Waals surface area contributed by atoms with Crippen LogP contribution >= 0.6 is 0 Å². The number of carboxylic acids is 1. The lowest BCUT2D eigenvalue weighted by atomic mass is 10.2. The summed E-state index contributed by atoms with van der Waals surface area (Å²) in [6.07, 6.45) is 2.78. The van der Waals surface area contributed by atoms with E-state index in [9.17, 15) is 9.18 Å². The van der Waals surface area contributed by atoms with E-state index < -0.39 is 5.97 Å². The quantitative estimate of drug-likeness (QED) is 0.874. The molecule has 92 valence electrons. The molecule has 0 aliphatic heterocycles. The molecule has 5 heteroatoms. The van der Waals surface area contributed by atoms with Gasteiger partial charge in [0.05, 0.1) is 17.4 Å². The molecule has 0 unspecified atom stereocenters. The van der Waals surface area contributed by atoms with Crippen molar-refractivity contribution in [3.8, 4) is 0 Å². The van der Waals surface area contributed by atoms with Gasteiger partial charge in [0.2, 0.25) is 0 Å². The zero-order chi connectivity index (χ0) is 13.1. The summed E-state index contributed by atoms with van der Waals surface area (Å²) in [5.41, 5.74) is 1.43. The number of aromatic carboxylic acids is 1. The van der Waals surface area contributed by atoms with E-state index in [0.29, 0.717) is 16.9 Å². The standard InChI is InChI=1S/C13H11FN2O2/c1-8-2-3-9(6-11(8)14)16-12-7-15-5-4-10(12)13(17)18/h2-7,16H,1H3,(H,17,18). The molecule has 1 aromatic heterocycles. The third-order valence-corrected chi connectivity index (χ3v) is 2.50. The van der Waals surface area contributed by atoms with Gasteiger partial charge in [0.1, 0.15) is 5.82 Å². The molecule has 0 fully saturated rings. The summed E-state index contributed by atoms with van der Waals surface area (Å²) >= 11 is 0. The molecule has 0 radical (unpaired) electrons. The van der Waals surface area contributed by atoms with Gasteiger partial charge in [0, 0.05) is 11.9 Å². The summed E-state index contributed by atoms with van der Waals surface area (Å²) in [6.45, 7) is 1.66. The maximum Gasteiger partial charge on any atom is 0.337 e. The van der Waals surface area contributed by atoms with Gasteiger partial charge in [0.15, 0.2) is 0 Å². The van der Waals surface area contributed by atoms with Crippen LogP contribution < -0.4 is 5.32 Å². The number of rotatable bonds is 3. The van der Waals surface area contributed by atoms with E-state index in [4.69, 9.17) is 5.11 Å². The smallest absolute Gasteiger partial charge is 0.337 e. The first-order chi connectivity index (χ1) is 8.58. The fourth-order valence-corrected chi connectivity index (χ4v) is 1.51. The van der Waals surface area contributed by atoms with E-state index in [2.05, 4.69) is 10.3 Å². The number of nitrogens with one attached hydrogen (secondary N) is 1. The van der Waals surface area contributed by atoms with Gasteiger partial charge < -0.3 is 10.4 Å². The van der Waals surface area contributed by atoms with Crippen LogP contribution in [0.15, 0.2) is 36.7 Å². The molecular formula is C13H11FN2O2. The van der Waals surface area contributed by atoms with Crippen LogP contribution in [0.3, 0.4) is 0 Å². The highest BCUT2D eigenvalue weighted by Gasteiger charge is 2.10. The predicted molar refractivity (Wildman–Crippen MR) is 65.6 cm³/mol. The van der Waals surface area contributed by atoms with Crippen molar-refractivity contribution < 1.29 is 14.3 Å². The Hall–Kier alpha value is -2.43. The molecule has 0 saturated heterocycles. The van der Waals surface area contributed by atoms with E-state index >= 15 is 0 Å². The average Bonchev–Trinajstić information content (AvgIpc) is 2.34. The van der Waals surface area contributed by atoms with E-state index in [-0.39, 0.29) is 11.4 Å². The van der Waals surface area contributed by atoms with Crippen LogP contribution in [0, 0.1) is 12.7 Å². The molecule has 1 aromatic carbocycles. The van der Waals surface area contributed by atoms with Crippen LogP contribution in [-0.4, -0.2) is 16.1 Å². The Morgan fingerprint density at radius 1 is 1.39 bits per heavy atom. The molecule has 0 amide bonds. The number of aromatic nitrogens is 1. The van der Waals surface area contributed by atoms with Crippen molar-refractivity contribution in [3.05, 3.63) is 53.6 Å². The highest BCUT2D eigenvalue weighted by Crippen LogP contribution is 2.21. The number of carboxylic acid groups (broad SMARTS) is 1. The monoisotopic (exact) mass is 246 g/mol. The number of hydrogen-bond donors (Lipinski definition) is 2. The first-order valence-corrected chi connectivity index (χ1v) is 5.28. The summed E-state index contributed by atoms with van der Waals surface area (Å²) in [5.74, 6) is -1.41. The minimum absolute atomic E-state index is 0.0889. The number of halogens is 1. The Labute approximate surface area is 103 Å². The first kappa shape index (κ1) is 12.0. The maximum atomic E-state index is 13.4. The first-order valence-electron chi connectivity index (χ1n) is 5.28. The molecule has 0 saturated carbocycles. The number of pyridine rings is 1. The van der Waals surface area contributed by atoms with Crippen LogP contribution in [0.1, 0.15) is 15.9 Å². The molecule has 0 atom stereocenters.